The first-order chi connectivity index (χ1) is 15.6. The van der Waals surface area contributed by atoms with Gasteiger partial charge < -0.3 is 5.73 Å². The topological polar surface area (TPSA) is 85.8 Å². The Morgan fingerprint density at radius 3 is 2.70 bits per heavy atom. The molecule has 1 fully saturated rings. The number of nitrogens with zero attached hydrogens (tertiary/aromatic N) is 4. The maximum absolute atomic E-state index is 12.3. The molecule has 2 N–H and O–H groups in total. The minimum atomic E-state index is -0.817. The molecular formula is C25H22ClN5O2. The molecule has 2 aromatic heterocycles. The lowest BCUT2D eigenvalue weighted by molar-refractivity contribution is -0.107. The smallest absolute Gasteiger partial charge is 0.339 e. The van der Waals surface area contributed by atoms with E-state index in [1.165, 1.54) is 5.06 Å². The molecule has 5 rings (SSSR count). The van der Waals surface area contributed by atoms with Gasteiger partial charge in [0.25, 0.3) is 0 Å². The Morgan fingerprint density at radius 2 is 1.91 bits per heavy atom. The van der Waals surface area contributed by atoms with Gasteiger partial charge in [0.2, 0.25) is 0 Å². The van der Waals surface area contributed by atoms with E-state index in [4.69, 9.17) is 10.6 Å². The minimum Gasteiger partial charge on any atom is -0.350 e. The number of primary amides is 1. The van der Waals surface area contributed by atoms with E-state index in [0.717, 1.165) is 27.9 Å². The van der Waals surface area contributed by atoms with E-state index in [1.807, 2.05) is 67.6 Å². The van der Waals surface area contributed by atoms with E-state index in [2.05, 4.69) is 21.9 Å². The summed E-state index contributed by atoms with van der Waals surface area (Å²) < 4.78 is 1.71. The molecule has 0 bridgehead atoms. The van der Waals surface area contributed by atoms with Gasteiger partial charge in [0.1, 0.15) is 11.2 Å². The minimum absolute atomic E-state index is 0. The third-order valence-electron chi connectivity index (χ3n) is 5.80. The predicted octanol–water partition coefficient (Wildman–Crippen LogP) is 3.82. The predicted molar refractivity (Wildman–Crippen MR) is 127 cm³/mol. The number of hydrogen-bond donors (Lipinski definition) is 1. The molecular weight excluding hydrogens is 438 g/mol. The molecule has 0 radical (unpaired) electrons. The molecule has 7 nitrogen and oxygen atoms in total. The van der Waals surface area contributed by atoms with Crippen LogP contribution in [-0.4, -0.2) is 32.3 Å². The van der Waals surface area contributed by atoms with E-state index in [0.29, 0.717) is 18.7 Å². The van der Waals surface area contributed by atoms with Crippen molar-refractivity contribution in [1.29, 1.82) is 0 Å². The number of hydrogen-bond acceptors (Lipinski definition) is 4. The quantitative estimate of drug-likeness (QED) is 0.462. The molecule has 3 heterocycles. The Kier molecular flexibility index (Phi) is 6.05. The van der Waals surface area contributed by atoms with Crippen molar-refractivity contribution in [2.75, 3.05) is 6.61 Å². The van der Waals surface area contributed by atoms with E-state index in [1.54, 1.807) is 16.9 Å². The molecule has 8 heteroatoms. The number of nitrogens with two attached hydrogens (primary N) is 1. The van der Waals surface area contributed by atoms with Crippen LogP contribution in [0.5, 0.6) is 0 Å². The fraction of sp³-hybridized carbons (Fsp3) is 0.160. The average Bonchev–Trinajstić information content (AvgIpc) is 3.45. The van der Waals surface area contributed by atoms with Crippen LogP contribution in [0.3, 0.4) is 0 Å². The first-order valence-electron chi connectivity index (χ1n) is 10.3. The third-order valence-corrected chi connectivity index (χ3v) is 5.80. The largest absolute Gasteiger partial charge is 0.350 e. The van der Waals surface area contributed by atoms with Crippen LogP contribution in [0, 0.1) is 18.8 Å². The number of rotatable bonds is 2. The van der Waals surface area contributed by atoms with Gasteiger partial charge in [-0.3, -0.25) is 4.84 Å². The fourth-order valence-corrected chi connectivity index (χ4v) is 4.21. The number of urea groups is 1. The summed E-state index contributed by atoms with van der Waals surface area (Å²) >= 11 is 0. The van der Waals surface area contributed by atoms with E-state index >= 15 is 0 Å². The molecule has 2 amide bonds. The first kappa shape index (κ1) is 22.3. The summed E-state index contributed by atoms with van der Waals surface area (Å²) in [7, 11) is 0. The molecule has 1 aliphatic rings. The van der Waals surface area contributed by atoms with Crippen LogP contribution in [0.1, 0.15) is 34.4 Å². The molecule has 0 saturated carbocycles. The summed E-state index contributed by atoms with van der Waals surface area (Å²) in [6, 6.07) is 18.9. The van der Waals surface area contributed by atoms with E-state index in [-0.39, 0.29) is 12.4 Å². The number of halogens is 1. The summed E-state index contributed by atoms with van der Waals surface area (Å²) in [5.41, 5.74) is 10.0. The summed E-state index contributed by atoms with van der Waals surface area (Å²) in [5.74, 6) is 6.44. The zero-order valence-electron chi connectivity index (χ0n) is 17.9. The van der Waals surface area contributed by atoms with Gasteiger partial charge in [0.05, 0.1) is 12.8 Å². The summed E-state index contributed by atoms with van der Waals surface area (Å²) in [6.45, 7) is 2.40. The highest BCUT2D eigenvalue weighted by atomic mass is 35.5. The van der Waals surface area contributed by atoms with Crippen molar-refractivity contribution in [3.63, 3.8) is 0 Å². The second-order valence-corrected chi connectivity index (χ2v) is 7.66. The first-order valence-corrected chi connectivity index (χ1v) is 10.3. The van der Waals surface area contributed by atoms with Crippen LogP contribution in [0.2, 0.25) is 0 Å². The monoisotopic (exact) mass is 459 g/mol. The fourth-order valence-electron chi connectivity index (χ4n) is 4.21. The van der Waals surface area contributed by atoms with Crippen molar-refractivity contribution in [3.05, 3.63) is 101 Å². The highest BCUT2D eigenvalue weighted by Crippen LogP contribution is 2.43. The number of amides is 2. The van der Waals surface area contributed by atoms with E-state index in [9.17, 15) is 4.79 Å². The van der Waals surface area contributed by atoms with Crippen LogP contribution in [0.4, 0.5) is 4.79 Å². The number of fused-ring (bicyclic) bond motifs is 1. The number of imidazole rings is 1. The highest BCUT2D eigenvalue weighted by molar-refractivity contribution is 5.85. The normalized spacial score (nSPS) is 17.3. The lowest BCUT2D eigenvalue weighted by atomic mass is 9.79. The highest BCUT2D eigenvalue weighted by Gasteiger charge is 2.48. The van der Waals surface area contributed by atoms with Gasteiger partial charge in [-0.1, -0.05) is 48.4 Å². The van der Waals surface area contributed by atoms with Gasteiger partial charge in [0, 0.05) is 18.2 Å². The SMILES string of the molecule is Cc1ccc(C2(c3ccccc3)CCON2C(N)=O)cc1C#Cc1cnc2cccnn12.Cl. The molecule has 0 spiro atoms. The number of aromatic nitrogens is 3. The number of benzene rings is 2. The zero-order valence-corrected chi connectivity index (χ0v) is 18.7. The van der Waals surface area contributed by atoms with Gasteiger partial charge in [-0.05, 0) is 47.7 Å². The number of aryl methyl sites for hydroxylation is 1. The Hall–Kier alpha value is -3.86. The summed E-state index contributed by atoms with van der Waals surface area (Å²) in [6.07, 6.45) is 4.00. The second-order valence-electron chi connectivity index (χ2n) is 7.66. The van der Waals surface area contributed by atoms with Gasteiger partial charge >= 0.3 is 6.03 Å². The standard InChI is InChI=1S/C25H21N5O2.ClH/c1-18-9-11-21(16-19(18)10-12-22-17-27-23-8-5-14-28-29(22)23)25(20-6-3-2-4-7-20)13-15-32-30(25)24(26)31;/h2-9,11,14,16-17H,13,15H2,1H3,(H2,26,31);1H. The van der Waals surface area contributed by atoms with Crippen LogP contribution >= 0.6 is 12.4 Å². The summed E-state index contributed by atoms with van der Waals surface area (Å²) in [5, 5.41) is 5.60. The summed E-state index contributed by atoms with van der Waals surface area (Å²) in [4.78, 5) is 22.3. The lowest BCUT2D eigenvalue weighted by Gasteiger charge is -2.36. The van der Waals surface area contributed by atoms with Crippen molar-refractivity contribution in [1.82, 2.24) is 19.7 Å². The Morgan fingerprint density at radius 1 is 1.09 bits per heavy atom. The maximum atomic E-state index is 12.3. The van der Waals surface area contributed by atoms with Crippen molar-refractivity contribution in [3.8, 4) is 11.8 Å². The molecule has 0 aliphatic carbocycles. The van der Waals surface area contributed by atoms with Crippen LogP contribution in [0.15, 0.2) is 73.1 Å². The maximum Gasteiger partial charge on any atom is 0.339 e. The van der Waals surface area contributed by atoms with Crippen molar-refractivity contribution >= 4 is 24.1 Å². The van der Waals surface area contributed by atoms with Crippen molar-refractivity contribution < 1.29 is 9.63 Å². The molecule has 1 saturated heterocycles. The van der Waals surface area contributed by atoms with Gasteiger partial charge in [-0.25, -0.2) is 14.3 Å². The molecule has 1 aliphatic heterocycles. The average molecular weight is 460 g/mol. The van der Waals surface area contributed by atoms with Crippen LogP contribution in [-0.2, 0) is 10.4 Å². The molecule has 1 unspecified atom stereocenters. The van der Waals surface area contributed by atoms with Gasteiger partial charge in [-0.15, -0.1) is 12.4 Å². The molecule has 166 valence electrons. The number of carbonyl (C=O) groups excluding carboxylic acids is 1. The number of carbonyl (C=O) groups is 1. The van der Waals surface area contributed by atoms with E-state index < -0.39 is 11.6 Å². The van der Waals surface area contributed by atoms with Crippen LogP contribution < -0.4 is 5.73 Å². The van der Waals surface area contributed by atoms with Crippen molar-refractivity contribution in [2.24, 2.45) is 5.73 Å². The van der Waals surface area contributed by atoms with Gasteiger partial charge in [-0.2, -0.15) is 10.2 Å². The molecule has 4 aromatic rings. The van der Waals surface area contributed by atoms with Gasteiger partial charge in [0.15, 0.2) is 5.65 Å². The number of hydroxylamine groups is 2. The second kappa shape index (κ2) is 8.94. The zero-order chi connectivity index (χ0) is 22.1. The van der Waals surface area contributed by atoms with Crippen molar-refractivity contribution in [2.45, 2.75) is 18.9 Å². The third kappa shape index (κ3) is 3.80. The molecule has 1 atom stereocenters. The van der Waals surface area contributed by atoms with Crippen LogP contribution in [0.25, 0.3) is 5.65 Å². The molecule has 33 heavy (non-hydrogen) atoms. The Bertz CT molecular complexity index is 1380. The molecule has 2 aromatic carbocycles. The Balaban J connectivity index is 0.00000259. The Labute approximate surface area is 197 Å². The lowest BCUT2D eigenvalue weighted by Crippen LogP contribution is -2.47.